The zero-order valence-electron chi connectivity index (χ0n) is 16.9. The molecule has 0 radical (unpaired) electrons. The van der Waals surface area contributed by atoms with Gasteiger partial charge in [-0.1, -0.05) is 0 Å². The van der Waals surface area contributed by atoms with E-state index in [4.69, 9.17) is 18.9 Å². The maximum atomic E-state index is 12.8. The molecule has 0 amide bonds. The fraction of sp³-hybridized carbons (Fsp3) is 0.227. The van der Waals surface area contributed by atoms with Crippen molar-refractivity contribution in [3.05, 3.63) is 53.3 Å². The minimum Gasteiger partial charge on any atom is -0.493 e. The van der Waals surface area contributed by atoms with Crippen LogP contribution in [0.3, 0.4) is 0 Å². The first kappa shape index (κ1) is 20.1. The molecule has 0 fully saturated rings. The third-order valence-corrected chi connectivity index (χ3v) is 4.62. The highest BCUT2D eigenvalue weighted by atomic mass is 16.5. The van der Waals surface area contributed by atoms with Crippen LogP contribution in [0.2, 0.25) is 0 Å². The largest absolute Gasteiger partial charge is 0.493 e. The average molecular weight is 395 g/mol. The number of rotatable bonds is 5. The molecule has 150 valence electrons. The summed E-state index contributed by atoms with van der Waals surface area (Å²) in [5.41, 5.74) is 2.21. The summed E-state index contributed by atoms with van der Waals surface area (Å²) in [6.45, 7) is 1.84. The van der Waals surface area contributed by atoms with Gasteiger partial charge in [0.2, 0.25) is 0 Å². The Kier molecular flexibility index (Phi) is 5.68. The second-order valence-electron chi connectivity index (χ2n) is 6.27. The summed E-state index contributed by atoms with van der Waals surface area (Å²) in [5.74, 6) is -0.298. The SMILES string of the molecule is COC(=O)c1cc2cc(OC)c(OC)cc2c(-c2ccnc(C)c2)c1C(=O)OC. The predicted molar refractivity (Wildman–Crippen MR) is 108 cm³/mol. The van der Waals surface area contributed by atoms with E-state index in [1.807, 2.05) is 13.0 Å². The number of pyridine rings is 1. The molecule has 3 aromatic rings. The molecule has 0 spiro atoms. The molecule has 0 aliphatic heterocycles. The van der Waals surface area contributed by atoms with Crippen LogP contribution in [0.1, 0.15) is 26.4 Å². The minimum absolute atomic E-state index is 0.100. The van der Waals surface area contributed by atoms with Crippen molar-refractivity contribution in [2.45, 2.75) is 6.92 Å². The fourth-order valence-electron chi connectivity index (χ4n) is 3.31. The van der Waals surface area contributed by atoms with E-state index >= 15 is 0 Å². The molecule has 7 heteroatoms. The van der Waals surface area contributed by atoms with Gasteiger partial charge in [-0.25, -0.2) is 9.59 Å². The number of aryl methyl sites for hydroxylation is 1. The van der Waals surface area contributed by atoms with Crippen molar-refractivity contribution in [3.63, 3.8) is 0 Å². The summed E-state index contributed by atoms with van der Waals surface area (Å²) in [5, 5.41) is 1.38. The minimum atomic E-state index is -0.647. The van der Waals surface area contributed by atoms with Gasteiger partial charge in [0.05, 0.1) is 39.6 Å². The number of ether oxygens (including phenoxy) is 4. The maximum absolute atomic E-state index is 12.8. The average Bonchev–Trinajstić information content (AvgIpc) is 2.75. The van der Waals surface area contributed by atoms with Crippen molar-refractivity contribution in [3.8, 4) is 22.6 Å². The van der Waals surface area contributed by atoms with E-state index in [9.17, 15) is 9.59 Å². The number of hydrogen-bond acceptors (Lipinski definition) is 7. The zero-order chi connectivity index (χ0) is 21.1. The third kappa shape index (κ3) is 3.59. The molecular formula is C22H21NO6. The lowest BCUT2D eigenvalue weighted by molar-refractivity contribution is 0.0556. The number of nitrogens with zero attached hydrogens (tertiary/aromatic N) is 1. The number of hydrogen-bond donors (Lipinski definition) is 0. The van der Waals surface area contributed by atoms with Crippen LogP contribution in [0.15, 0.2) is 36.5 Å². The summed E-state index contributed by atoms with van der Waals surface area (Å²) in [6.07, 6.45) is 1.64. The van der Waals surface area contributed by atoms with Crippen molar-refractivity contribution in [1.82, 2.24) is 4.98 Å². The van der Waals surface area contributed by atoms with E-state index in [2.05, 4.69) is 4.98 Å². The molecule has 0 bridgehead atoms. The smallest absolute Gasteiger partial charge is 0.339 e. The van der Waals surface area contributed by atoms with Crippen molar-refractivity contribution in [2.75, 3.05) is 28.4 Å². The van der Waals surface area contributed by atoms with Gasteiger partial charge in [-0.2, -0.15) is 0 Å². The number of aromatic nitrogens is 1. The molecular weight excluding hydrogens is 374 g/mol. The van der Waals surface area contributed by atoms with E-state index in [-0.39, 0.29) is 11.1 Å². The molecule has 0 aliphatic carbocycles. The van der Waals surface area contributed by atoms with Crippen LogP contribution in [-0.2, 0) is 9.47 Å². The number of fused-ring (bicyclic) bond motifs is 1. The maximum Gasteiger partial charge on any atom is 0.339 e. The van der Waals surface area contributed by atoms with Gasteiger partial charge in [0.25, 0.3) is 0 Å². The van der Waals surface area contributed by atoms with Gasteiger partial charge < -0.3 is 18.9 Å². The highest BCUT2D eigenvalue weighted by Crippen LogP contribution is 2.41. The number of esters is 2. The second kappa shape index (κ2) is 8.18. The van der Waals surface area contributed by atoms with Crippen molar-refractivity contribution < 1.29 is 28.5 Å². The summed E-state index contributed by atoms with van der Waals surface area (Å²) in [6, 6.07) is 8.71. The molecule has 0 saturated carbocycles. The highest BCUT2D eigenvalue weighted by Gasteiger charge is 2.27. The Labute approximate surface area is 168 Å². The molecule has 1 aromatic heterocycles. The number of benzene rings is 2. The quantitative estimate of drug-likeness (QED) is 0.608. The van der Waals surface area contributed by atoms with Crippen LogP contribution in [0.25, 0.3) is 21.9 Å². The molecule has 2 aromatic carbocycles. The highest BCUT2D eigenvalue weighted by molar-refractivity contribution is 6.15. The Balaban J connectivity index is 2.55. The predicted octanol–water partition coefficient (Wildman–Crippen LogP) is 3.80. The normalized spacial score (nSPS) is 10.5. The molecule has 7 nitrogen and oxygen atoms in total. The summed E-state index contributed by atoms with van der Waals surface area (Å²) in [7, 11) is 5.59. The van der Waals surface area contributed by atoms with Crippen LogP contribution in [0.5, 0.6) is 11.5 Å². The topological polar surface area (TPSA) is 84.0 Å². The molecule has 3 rings (SSSR count). The Morgan fingerprint density at radius 3 is 2.10 bits per heavy atom. The van der Waals surface area contributed by atoms with Gasteiger partial charge >= 0.3 is 11.9 Å². The van der Waals surface area contributed by atoms with Crippen molar-refractivity contribution in [2.24, 2.45) is 0 Å². The molecule has 0 atom stereocenters. The summed E-state index contributed by atoms with van der Waals surface area (Å²) < 4.78 is 20.7. The van der Waals surface area contributed by atoms with Gasteiger partial charge in [-0.05, 0) is 53.6 Å². The second-order valence-corrected chi connectivity index (χ2v) is 6.27. The van der Waals surface area contributed by atoms with Crippen LogP contribution < -0.4 is 9.47 Å². The van der Waals surface area contributed by atoms with Crippen molar-refractivity contribution in [1.29, 1.82) is 0 Å². The molecule has 0 saturated heterocycles. The Morgan fingerprint density at radius 1 is 0.862 bits per heavy atom. The summed E-state index contributed by atoms with van der Waals surface area (Å²) >= 11 is 0. The first-order valence-corrected chi connectivity index (χ1v) is 8.77. The molecule has 0 unspecified atom stereocenters. The standard InChI is InChI=1S/C22H21NO6/c1-12-8-13(6-7-23-12)19-15-11-18(27-3)17(26-2)10-14(15)9-16(21(24)28-4)20(19)22(25)29-5/h6-11H,1-5H3. The zero-order valence-corrected chi connectivity index (χ0v) is 16.9. The van der Waals surface area contributed by atoms with Crippen LogP contribution in [0.4, 0.5) is 0 Å². The Bertz CT molecular complexity index is 1110. The number of carbonyl (C=O) groups is 2. The van der Waals surface area contributed by atoms with Crippen LogP contribution >= 0.6 is 0 Å². The molecule has 0 N–H and O–H groups in total. The molecule has 29 heavy (non-hydrogen) atoms. The lowest BCUT2D eigenvalue weighted by Gasteiger charge is -2.18. The number of carbonyl (C=O) groups excluding carboxylic acids is 2. The molecule has 0 aliphatic rings. The third-order valence-electron chi connectivity index (χ3n) is 4.62. The van der Waals surface area contributed by atoms with E-state index in [1.54, 1.807) is 30.5 Å². The van der Waals surface area contributed by atoms with E-state index in [1.165, 1.54) is 28.4 Å². The van der Waals surface area contributed by atoms with Gasteiger partial charge in [0.15, 0.2) is 11.5 Å². The van der Waals surface area contributed by atoms with Crippen molar-refractivity contribution >= 4 is 22.7 Å². The van der Waals surface area contributed by atoms with Gasteiger partial charge in [-0.3, -0.25) is 4.98 Å². The summed E-state index contributed by atoms with van der Waals surface area (Å²) in [4.78, 5) is 29.5. The first-order chi connectivity index (χ1) is 13.9. The lowest BCUT2D eigenvalue weighted by Crippen LogP contribution is -2.14. The van der Waals surface area contributed by atoms with E-state index in [0.29, 0.717) is 33.4 Å². The van der Waals surface area contributed by atoms with Crippen LogP contribution in [-0.4, -0.2) is 45.4 Å². The Hall–Kier alpha value is -3.61. The number of methoxy groups -OCH3 is 4. The molecule has 1 heterocycles. The van der Waals surface area contributed by atoms with Gasteiger partial charge in [0.1, 0.15) is 0 Å². The van der Waals surface area contributed by atoms with Crippen LogP contribution in [0, 0.1) is 6.92 Å². The monoisotopic (exact) mass is 395 g/mol. The van der Waals surface area contributed by atoms with E-state index in [0.717, 1.165) is 5.69 Å². The Morgan fingerprint density at radius 2 is 1.52 bits per heavy atom. The van der Waals surface area contributed by atoms with Gasteiger partial charge in [-0.15, -0.1) is 0 Å². The fourth-order valence-corrected chi connectivity index (χ4v) is 3.31. The first-order valence-electron chi connectivity index (χ1n) is 8.77. The lowest BCUT2D eigenvalue weighted by atomic mass is 9.89. The van der Waals surface area contributed by atoms with E-state index < -0.39 is 11.9 Å². The van der Waals surface area contributed by atoms with Gasteiger partial charge in [0, 0.05) is 17.5 Å².